The lowest BCUT2D eigenvalue weighted by Gasteiger charge is -2.21. The highest BCUT2D eigenvalue weighted by molar-refractivity contribution is 5.41. The number of aromatic hydroxyl groups is 1. The van der Waals surface area contributed by atoms with Crippen LogP contribution in [0.1, 0.15) is 39.2 Å². The molecule has 0 aliphatic rings. The summed E-state index contributed by atoms with van der Waals surface area (Å²) in [5.41, 5.74) is 1.02. The number of ether oxygens (including phenoxy) is 2. The van der Waals surface area contributed by atoms with Crippen LogP contribution in [0.15, 0.2) is 18.2 Å². The fourth-order valence-electron chi connectivity index (χ4n) is 2.13. The van der Waals surface area contributed by atoms with E-state index in [9.17, 15) is 5.11 Å². The first-order chi connectivity index (χ1) is 8.62. The SMILES string of the molecule is CCC(CC)C(C)OCc1ccc(O)c(OC)c1. The van der Waals surface area contributed by atoms with Crippen LogP contribution in [-0.2, 0) is 11.3 Å². The average molecular weight is 252 g/mol. The summed E-state index contributed by atoms with van der Waals surface area (Å²) in [6.45, 7) is 7.05. The van der Waals surface area contributed by atoms with Gasteiger partial charge in [0.05, 0.1) is 19.8 Å². The van der Waals surface area contributed by atoms with Crippen LogP contribution in [0.5, 0.6) is 11.5 Å². The molecule has 1 atom stereocenters. The molecule has 102 valence electrons. The zero-order valence-corrected chi connectivity index (χ0v) is 11.8. The standard InChI is InChI=1S/C15H24O3/c1-5-13(6-2)11(3)18-10-12-7-8-14(16)15(9-12)17-4/h7-9,11,13,16H,5-6,10H2,1-4H3. The Morgan fingerprint density at radius 3 is 2.44 bits per heavy atom. The van der Waals surface area contributed by atoms with Gasteiger partial charge in [0, 0.05) is 0 Å². The predicted octanol–water partition coefficient (Wildman–Crippen LogP) is 3.74. The second-order valence-corrected chi connectivity index (χ2v) is 4.60. The van der Waals surface area contributed by atoms with E-state index < -0.39 is 0 Å². The topological polar surface area (TPSA) is 38.7 Å². The van der Waals surface area contributed by atoms with Crippen molar-refractivity contribution in [1.82, 2.24) is 0 Å². The highest BCUT2D eigenvalue weighted by Crippen LogP contribution is 2.27. The molecule has 1 aromatic rings. The van der Waals surface area contributed by atoms with Crippen molar-refractivity contribution in [2.75, 3.05) is 7.11 Å². The summed E-state index contributed by atoms with van der Waals surface area (Å²) in [4.78, 5) is 0. The van der Waals surface area contributed by atoms with Crippen molar-refractivity contribution in [3.05, 3.63) is 23.8 Å². The van der Waals surface area contributed by atoms with Gasteiger partial charge in [-0.2, -0.15) is 0 Å². The molecule has 0 saturated heterocycles. The summed E-state index contributed by atoms with van der Waals surface area (Å²) in [6.07, 6.45) is 2.52. The molecule has 0 aliphatic carbocycles. The summed E-state index contributed by atoms with van der Waals surface area (Å²) < 4.78 is 11.0. The molecule has 3 nitrogen and oxygen atoms in total. The molecule has 3 heteroatoms. The van der Waals surface area contributed by atoms with E-state index in [2.05, 4.69) is 20.8 Å². The Morgan fingerprint density at radius 1 is 1.22 bits per heavy atom. The highest BCUT2D eigenvalue weighted by Gasteiger charge is 2.14. The Balaban J connectivity index is 2.58. The largest absolute Gasteiger partial charge is 0.504 e. The molecule has 0 bridgehead atoms. The van der Waals surface area contributed by atoms with Crippen molar-refractivity contribution in [3.8, 4) is 11.5 Å². The van der Waals surface area contributed by atoms with E-state index in [1.54, 1.807) is 13.2 Å². The van der Waals surface area contributed by atoms with Gasteiger partial charge >= 0.3 is 0 Å². The number of phenols is 1. The van der Waals surface area contributed by atoms with Gasteiger partial charge in [-0.15, -0.1) is 0 Å². The van der Waals surface area contributed by atoms with Crippen LogP contribution in [0, 0.1) is 5.92 Å². The molecular formula is C15H24O3. The molecule has 0 spiro atoms. The summed E-state index contributed by atoms with van der Waals surface area (Å²) in [5, 5.41) is 9.51. The highest BCUT2D eigenvalue weighted by atomic mass is 16.5. The fraction of sp³-hybridized carbons (Fsp3) is 0.600. The van der Waals surface area contributed by atoms with Gasteiger partial charge in [-0.05, 0) is 30.5 Å². The van der Waals surface area contributed by atoms with Gasteiger partial charge in [-0.1, -0.05) is 32.8 Å². The lowest BCUT2D eigenvalue weighted by atomic mass is 9.98. The molecule has 0 amide bonds. The molecule has 0 radical (unpaired) electrons. The van der Waals surface area contributed by atoms with Crippen LogP contribution in [0.2, 0.25) is 0 Å². The monoisotopic (exact) mass is 252 g/mol. The van der Waals surface area contributed by atoms with Crippen molar-refractivity contribution in [2.45, 2.75) is 46.3 Å². The molecule has 1 N–H and O–H groups in total. The summed E-state index contributed by atoms with van der Waals surface area (Å²) in [5.74, 6) is 1.25. The Hall–Kier alpha value is -1.22. The van der Waals surface area contributed by atoms with Crippen molar-refractivity contribution in [1.29, 1.82) is 0 Å². The average Bonchev–Trinajstić information content (AvgIpc) is 2.39. The van der Waals surface area contributed by atoms with E-state index in [4.69, 9.17) is 9.47 Å². The zero-order chi connectivity index (χ0) is 13.5. The van der Waals surface area contributed by atoms with Gasteiger partial charge in [0.25, 0.3) is 0 Å². The van der Waals surface area contributed by atoms with E-state index in [0.29, 0.717) is 18.3 Å². The van der Waals surface area contributed by atoms with Gasteiger partial charge in [0.2, 0.25) is 0 Å². The first-order valence-corrected chi connectivity index (χ1v) is 6.59. The van der Waals surface area contributed by atoms with Gasteiger partial charge < -0.3 is 14.6 Å². The van der Waals surface area contributed by atoms with Crippen LogP contribution in [0.25, 0.3) is 0 Å². The van der Waals surface area contributed by atoms with Crippen molar-refractivity contribution >= 4 is 0 Å². The lowest BCUT2D eigenvalue weighted by Crippen LogP contribution is -2.19. The number of hydrogen-bond acceptors (Lipinski definition) is 3. The lowest BCUT2D eigenvalue weighted by molar-refractivity contribution is 0.0108. The molecule has 1 aromatic carbocycles. The van der Waals surface area contributed by atoms with E-state index >= 15 is 0 Å². The number of benzene rings is 1. The molecule has 18 heavy (non-hydrogen) atoms. The minimum absolute atomic E-state index is 0.161. The van der Waals surface area contributed by atoms with E-state index in [0.717, 1.165) is 18.4 Å². The molecular weight excluding hydrogens is 228 g/mol. The third-order valence-corrected chi connectivity index (χ3v) is 3.47. The Morgan fingerprint density at radius 2 is 1.89 bits per heavy atom. The van der Waals surface area contributed by atoms with E-state index in [-0.39, 0.29) is 11.9 Å². The Bertz CT molecular complexity index is 359. The predicted molar refractivity (Wildman–Crippen MR) is 73.0 cm³/mol. The van der Waals surface area contributed by atoms with Gasteiger partial charge in [-0.3, -0.25) is 0 Å². The van der Waals surface area contributed by atoms with Crippen molar-refractivity contribution in [3.63, 3.8) is 0 Å². The Labute approximate surface area is 110 Å². The number of methoxy groups -OCH3 is 1. The molecule has 0 aromatic heterocycles. The molecule has 1 unspecified atom stereocenters. The van der Waals surface area contributed by atoms with Gasteiger partial charge in [-0.25, -0.2) is 0 Å². The van der Waals surface area contributed by atoms with Crippen LogP contribution in [0.4, 0.5) is 0 Å². The number of hydrogen-bond donors (Lipinski definition) is 1. The minimum atomic E-state index is 0.161. The Kier molecular flexibility index (Phi) is 5.99. The van der Waals surface area contributed by atoms with Crippen molar-refractivity contribution in [2.24, 2.45) is 5.92 Å². The van der Waals surface area contributed by atoms with Gasteiger partial charge in [0.1, 0.15) is 0 Å². The third-order valence-electron chi connectivity index (χ3n) is 3.47. The van der Waals surface area contributed by atoms with E-state index in [1.807, 2.05) is 12.1 Å². The summed E-state index contributed by atoms with van der Waals surface area (Å²) >= 11 is 0. The smallest absolute Gasteiger partial charge is 0.160 e. The summed E-state index contributed by atoms with van der Waals surface area (Å²) in [6, 6.07) is 5.31. The normalized spacial score (nSPS) is 12.7. The fourth-order valence-corrected chi connectivity index (χ4v) is 2.13. The molecule has 0 saturated carbocycles. The van der Waals surface area contributed by atoms with Crippen LogP contribution >= 0.6 is 0 Å². The maximum Gasteiger partial charge on any atom is 0.160 e. The van der Waals surface area contributed by atoms with Crippen LogP contribution in [0.3, 0.4) is 0 Å². The van der Waals surface area contributed by atoms with Crippen LogP contribution in [-0.4, -0.2) is 18.3 Å². The first kappa shape index (κ1) is 14.8. The van der Waals surface area contributed by atoms with Crippen molar-refractivity contribution < 1.29 is 14.6 Å². The summed E-state index contributed by atoms with van der Waals surface area (Å²) in [7, 11) is 1.55. The third kappa shape index (κ3) is 3.91. The molecule has 0 fully saturated rings. The maximum absolute atomic E-state index is 9.51. The molecule has 1 rings (SSSR count). The number of phenolic OH excluding ortho intramolecular Hbond substituents is 1. The van der Waals surface area contributed by atoms with Crippen LogP contribution < -0.4 is 4.74 Å². The maximum atomic E-state index is 9.51. The second-order valence-electron chi connectivity index (χ2n) is 4.60. The number of rotatable bonds is 7. The first-order valence-electron chi connectivity index (χ1n) is 6.59. The minimum Gasteiger partial charge on any atom is -0.504 e. The zero-order valence-electron chi connectivity index (χ0n) is 11.8. The van der Waals surface area contributed by atoms with Gasteiger partial charge in [0.15, 0.2) is 11.5 Å². The van der Waals surface area contributed by atoms with E-state index in [1.165, 1.54) is 0 Å². The second kappa shape index (κ2) is 7.27. The molecule has 0 aliphatic heterocycles. The quantitative estimate of drug-likeness (QED) is 0.803. The molecule has 0 heterocycles.